The van der Waals surface area contributed by atoms with E-state index in [1.807, 2.05) is 25.7 Å². The Morgan fingerprint density at radius 2 is 1.89 bits per heavy atom. The fraction of sp³-hybridized carbons (Fsp3) is 0.833. The van der Waals surface area contributed by atoms with Crippen molar-refractivity contribution in [1.29, 1.82) is 0 Å². The second-order valence-corrected chi connectivity index (χ2v) is 5.34. The molecule has 0 N–H and O–H groups in total. The van der Waals surface area contributed by atoms with Crippen molar-refractivity contribution in [1.82, 2.24) is 0 Å². The summed E-state index contributed by atoms with van der Waals surface area (Å²) in [6, 6.07) is 0. The molecule has 0 aromatic heterocycles. The Bertz CT molecular complexity index is 104. The van der Waals surface area contributed by atoms with Gasteiger partial charge in [-0.25, -0.2) is 0 Å². The summed E-state index contributed by atoms with van der Waals surface area (Å²) in [5.41, 5.74) is -0.284. The van der Waals surface area contributed by atoms with Gasteiger partial charge in [0.1, 0.15) is 0 Å². The fourth-order valence-electron chi connectivity index (χ4n) is 0.329. The minimum absolute atomic E-state index is 0.0334. The molecule has 0 unspecified atom stereocenters. The molecule has 0 aliphatic carbocycles. The zero-order chi connectivity index (χ0) is 7.49. The van der Waals surface area contributed by atoms with Crippen LogP contribution in [0, 0.1) is 0 Å². The molecular weight excluding hydrogens is 223 g/mol. The van der Waals surface area contributed by atoms with Crippen LogP contribution < -0.4 is 0 Å². The summed E-state index contributed by atoms with van der Waals surface area (Å²) in [6.45, 7) is 5.67. The molecule has 0 saturated heterocycles. The average Bonchev–Trinajstić information content (AvgIpc) is 1.62. The summed E-state index contributed by atoms with van der Waals surface area (Å²) in [7, 11) is 0. The van der Waals surface area contributed by atoms with Crippen LogP contribution in [0.3, 0.4) is 0 Å². The Hall–Kier alpha value is 0.269. The Morgan fingerprint density at radius 3 is 2.00 bits per heavy atom. The second kappa shape index (κ2) is 3.44. The monoisotopic (exact) mass is 236 g/mol. The summed E-state index contributed by atoms with van der Waals surface area (Å²) in [5.74, 6) is 0. The van der Waals surface area contributed by atoms with E-state index < -0.39 is 21.1 Å². The van der Waals surface area contributed by atoms with Crippen molar-refractivity contribution in [2.45, 2.75) is 31.3 Å². The number of hydrogen-bond acceptors (Lipinski definition) is 2. The van der Waals surface area contributed by atoms with E-state index in [0.29, 0.717) is 0 Å². The molecule has 3 heteroatoms. The number of carbonyl (C=O) groups excluding carboxylic acids is 1. The van der Waals surface area contributed by atoms with Crippen molar-refractivity contribution in [3.05, 3.63) is 0 Å². The van der Waals surface area contributed by atoms with Gasteiger partial charge in [-0.05, 0) is 0 Å². The van der Waals surface area contributed by atoms with Gasteiger partial charge in [0, 0.05) is 0 Å². The van der Waals surface area contributed by atoms with Gasteiger partial charge in [-0.15, -0.1) is 0 Å². The van der Waals surface area contributed by atoms with E-state index in [1.165, 1.54) is 0 Å². The minimum atomic E-state index is -0.840. The van der Waals surface area contributed by atoms with Gasteiger partial charge >= 0.3 is 66.0 Å². The van der Waals surface area contributed by atoms with E-state index in [0.717, 1.165) is 0 Å². The first-order valence-electron chi connectivity index (χ1n) is 2.86. The summed E-state index contributed by atoms with van der Waals surface area (Å²) in [6.07, 6.45) is 0. The summed E-state index contributed by atoms with van der Waals surface area (Å²) < 4.78 is 5.06. The molecule has 0 bridgehead atoms. The Kier molecular flexibility index (Phi) is 3.54. The van der Waals surface area contributed by atoms with Crippen molar-refractivity contribution >= 4 is 25.1 Å². The van der Waals surface area contributed by atoms with E-state index in [2.05, 4.69) is 0 Å². The van der Waals surface area contributed by atoms with Crippen LogP contribution in [0.1, 0.15) is 20.8 Å². The van der Waals surface area contributed by atoms with Gasteiger partial charge in [0.05, 0.1) is 0 Å². The Labute approximate surface area is 66.2 Å². The van der Waals surface area contributed by atoms with Crippen LogP contribution in [0.5, 0.6) is 0 Å². The standard InChI is InChI=1S/C5H9O2.CH3.Sn/c1-5(2,3)7-4-6;;/h1-3H3;1H3;. The van der Waals surface area contributed by atoms with Crippen LogP contribution in [0.15, 0.2) is 0 Å². The molecule has 0 aliphatic rings. The van der Waals surface area contributed by atoms with Gasteiger partial charge in [0.15, 0.2) is 0 Å². The molecule has 9 heavy (non-hydrogen) atoms. The zero-order valence-electron chi connectivity index (χ0n) is 6.32. The molecular formula is C6H12O2Sn. The fourth-order valence-corrected chi connectivity index (χ4v) is 1.49. The number of hydrogen-bond donors (Lipinski definition) is 0. The van der Waals surface area contributed by atoms with Gasteiger partial charge in [-0.1, -0.05) is 0 Å². The Balaban J connectivity index is 3.60. The predicted octanol–water partition coefficient (Wildman–Crippen LogP) is 1.67. The van der Waals surface area contributed by atoms with Crippen molar-refractivity contribution < 1.29 is 9.53 Å². The van der Waals surface area contributed by atoms with Crippen molar-refractivity contribution in [2.24, 2.45) is 0 Å². The average molecular weight is 235 g/mol. The molecule has 52 valence electrons. The van der Waals surface area contributed by atoms with E-state index in [4.69, 9.17) is 4.74 Å². The SMILES string of the molecule is [CH3][Sn][C](=O)OC(C)(C)C. The first kappa shape index (κ1) is 9.27. The normalized spacial score (nSPS) is 11.1. The first-order valence-corrected chi connectivity index (χ1v) is 7.14. The molecule has 0 aliphatic heterocycles. The quantitative estimate of drug-likeness (QED) is 0.646. The van der Waals surface area contributed by atoms with E-state index >= 15 is 0 Å². The Morgan fingerprint density at radius 1 is 1.44 bits per heavy atom. The number of rotatable bonds is 1. The van der Waals surface area contributed by atoms with E-state index in [9.17, 15) is 4.79 Å². The van der Waals surface area contributed by atoms with Gasteiger partial charge in [0.25, 0.3) is 0 Å². The van der Waals surface area contributed by atoms with Crippen molar-refractivity contribution in [2.75, 3.05) is 0 Å². The third-order valence-electron chi connectivity index (χ3n) is 0.603. The van der Waals surface area contributed by atoms with Crippen LogP contribution in [0.2, 0.25) is 4.94 Å². The third-order valence-corrected chi connectivity index (χ3v) is 2.06. The maximum absolute atomic E-state index is 10.7. The maximum atomic E-state index is 10.7. The summed E-state index contributed by atoms with van der Waals surface area (Å²) in [4.78, 5) is 12.6. The molecule has 0 fully saturated rings. The summed E-state index contributed by atoms with van der Waals surface area (Å²) >= 11 is -0.840. The van der Waals surface area contributed by atoms with Crippen LogP contribution in [0.4, 0.5) is 4.79 Å². The topological polar surface area (TPSA) is 26.3 Å². The van der Waals surface area contributed by atoms with E-state index in [-0.39, 0.29) is 9.59 Å². The molecule has 0 aromatic carbocycles. The molecule has 0 aromatic rings. The van der Waals surface area contributed by atoms with Crippen molar-refractivity contribution in [3.8, 4) is 0 Å². The van der Waals surface area contributed by atoms with Crippen LogP contribution in [-0.4, -0.2) is 30.7 Å². The zero-order valence-corrected chi connectivity index (χ0v) is 9.17. The van der Waals surface area contributed by atoms with Gasteiger partial charge in [-0.3, -0.25) is 0 Å². The second-order valence-electron chi connectivity index (χ2n) is 2.75. The van der Waals surface area contributed by atoms with Crippen LogP contribution >= 0.6 is 0 Å². The molecule has 0 saturated carbocycles. The first-order chi connectivity index (χ1) is 3.95. The number of carbonyl (C=O) groups is 1. The van der Waals surface area contributed by atoms with Crippen LogP contribution in [-0.2, 0) is 4.74 Å². The summed E-state index contributed by atoms with van der Waals surface area (Å²) in [5, 5.41) is 0. The molecule has 2 nitrogen and oxygen atoms in total. The molecule has 0 rings (SSSR count). The molecule has 0 spiro atoms. The van der Waals surface area contributed by atoms with Gasteiger partial charge in [0.2, 0.25) is 0 Å². The molecule has 2 radical (unpaired) electrons. The van der Waals surface area contributed by atoms with Crippen molar-refractivity contribution in [3.63, 3.8) is 0 Å². The molecule has 0 atom stereocenters. The van der Waals surface area contributed by atoms with Gasteiger partial charge < -0.3 is 0 Å². The van der Waals surface area contributed by atoms with Gasteiger partial charge in [-0.2, -0.15) is 0 Å². The molecule has 0 heterocycles. The van der Waals surface area contributed by atoms with Crippen LogP contribution in [0.25, 0.3) is 0 Å². The predicted molar refractivity (Wildman–Crippen MR) is 37.9 cm³/mol. The van der Waals surface area contributed by atoms with E-state index in [1.54, 1.807) is 0 Å². The molecule has 0 amide bonds. The third kappa shape index (κ3) is 6.15. The number of ether oxygens (including phenoxy) is 1.